The summed E-state index contributed by atoms with van der Waals surface area (Å²) in [6.07, 6.45) is 2.94. The zero-order valence-electron chi connectivity index (χ0n) is 14.8. The van der Waals surface area contributed by atoms with Gasteiger partial charge in [-0.05, 0) is 38.8 Å². The zero-order chi connectivity index (χ0) is 17.2. The smallest absolute Gasteiger partial charge is 0.410 e. The lowest BCUT2D eigenvalue weighted by molar-refractivity contribution is 0.0146. The Morgan fingerprint density at radius 2 is 1.88 bits per heavy atom. The summed E-state index contributed by atoms with van der Waals surface area (Å²) in [5, 5.41) is 1.31. The second kappa shape index (κ2) is 6.85. The third kappa shape index (κ3) is 4.09. The van der Waals surface area contributed by atoms with Crippen LogP contribution in [-0.2, 0) is 11.2 Å². The van der Waals surface area contributed by atoms with Crippen molar-refractivity contribution < 1.29 is 9.53 Å². The topological polar surface area (TPSA) is 48.6 Å². The lowest BCUT2D eigenvalue weighted by Crippen LogP contribution is -2.50. The summed E-state index contributed by atoms with van der Waals surface area (Å²) in [6.45, 7) is 10.0. The minimum atomic E-state index is -0.427. The molecule has 3 rings (SSSR count). The first-order chi connectivity index (χ1) is 11.4. The van der Waals surface area contributed by atoms with Crippen molar-refractivity contribution in [2.45, 2.75) is 32.8 Å². The number of nitrogens with zero attached hydrogens (tertiary/aromatic N) is 2. The number of nitrogens with one attached hydrogen (secondary N) is 1. The summed E-state index contributed by atoms with van der Waals surface area (Å²) >= 11 is 0. The standard InChI is InChI=1S/C19H27N3O2/c1-19(2,3)24-18(23)22-12-10-21(11-13-22)9-8-15-14-20-17-7-5-4-6-16(15)17/h4-7,14,20H,8-13H2,1-3H3. The number of H-pyrrole nitrogens is 1. The highest BCUT2D eigenvalue weighted by molar-refractivity contribution is 5.83. The van der Waals surface area contributed by atoms with E-state index in [-0.39, 0.29) is 6.09 Å². The van der Waals surface area contributed by atoms with Crippen LogP contribution in [-0.4, -0.2) is 59.2 Å². The minimum Gasteiger partial charge on any atom is -0.444 e. The predicted molar refractivity (Wildman–Crippen MR) is 96.2 cm³/mol. The van der Waals surface area contributed by atoms with E-state index in [2.05, 4.69) is 40.3 Å². The Labute approximate surface area is 143 Å². The Balaban J connectivity index is 1.48. The van der Waals surface area contributed by atoms with E-state index in [0.29, 0.717) is 0 Å². The van der Waals surface area contributed by atoms with Gasteiger partial charge in [0.1, 0.15) is 5.60 Å². The molecule has 0 bridgehead atoms. The Bertz CT molecular complexity index is 694. The maximum absolute atomic E-state index is 12.1. The summed E-state index contributed by atoms with van der Waals surface area (Å²) in [7, 11) is 0. The van der Waals surface area contributed by atoms with Crippen molar-refractivity contribution in [2.75, 3.05) is 32.7 Å². The number of para-hydroxylation sites is 1. The number of fused-ring (bicyclic) bond motifs is 1. The molecule has 0 atom stereocenters. The summed E-state index contributed by atoms with van der Waals surface area (Å²) in [4.78, 5) is 19.7. The molecular formula is C19H27N3O2. The molecule has 0 unspecified atom stereocenters. The second-order valence-corrected chi connectivity index (χ2v) is 7.42. The van der Waals surface area contributed by atoms with Crippen LogP contribution in [0.3, 0.4) is 0 Å². The summed E-state index contributed by atoms with van der Waals surface area (Å²) in [6, 6.07) is 8.41. The van der Waals surface area contributed by atoms with Crippen molar-refractivity contribution in [3.8, 4) is 0 Å². The number of hydrogen-bond acceptors (Lipinski definition) is 3. The SMILES string of the molecule is CC(C)(C)OC(=O)N1CCN(CCc2c[nH]c3ccccc23)CC1. The van der Waals surface area contributed by atoms with Crippen molar-refractivity contribution in [1.29, 1.82) is 0 Å². The first kappa shape index (κ1) is 16.8. The van der Waals surface area contributed by atoms with Crippen LogP contribution < -0.4 is 0 Å². The summed E-state index contributed by atoms with van der Waals surface area (Å²) < 4.78 is 5.44. The van der Waals surface area contributed by atoms with Crippen molar-refractivity contribution in [3.63, 3.8) is 0 Å². The third-order valence-electron chi connectivity index (χ3n) is 4.40. The average molecular weight is 329 g/mol. The number of aromatic nitrogens is 1. The van der Waals surface area contributed by atoms with Crippen molar-refractivity contribution in [2.24, 2.45) is 0 Å². The van der Waals surface area contributed by atoms with Gasteiger partial charge in [-0.3, -0.25) is 4.90 Å². The van der Waals surface area contributed by atoms with Crippen LogP contribution >= 0.6 is 0 Å². The van der Waals surface area contributed by atoms with Gasteiger partial charge in [0, 0.05) is 49.8 Å². The van der Waals surface area contributed by atoms with E-state index in [1.165, 1.54) is 16.5 Å². The second-order valence-electron chi connectivity index (χ2n) is 7.42. The quantitative estimate of drug-likeness (QED) is 0.940. The third-order valence-corrected chi connectivity index (χ3v) is 4.40. The van der Waals surface area contributed by atoms with E-state index in [0.717, 1.165) is 39.1 Å². The lowest BCUT2D eigenvalue weighted by Gasteiger charge is -2.35. The van der Waals surface area contributed by atoms with Crippen LogP contribution in [0.4, 0.5) is 4.79 Å². The average Bonchev–Trinajstić information content (AvgIpc) is 2.95. The minimum absolute atomic E-state index is 0.196. The Hall–Kier alpha value is -2.01. The fourth-order valence-electron chi connectivity index (χ4n) is 3.10. The van der Waals surface area contributed by atoms with Gasteiger partial charge in [0.25, 0.3) is 0 Å². The molecule has 2 aromatic rings. The molecule has 1 fully saturated rings. The van der Waals surface area contributed by atoms with E-state index >= 15 is 0 Å². The Morgan fingerprint density at radius 1 is 1.17 bits per heavy atom. The molecule has 1 N–H and O–H groups in total. The molecule has 1 aromatic carbocycles. The molecule has 5 nitrogen and oxygen atoms in total. The van der Waals surface area contributed by atoms with Crippen molar-refractivity contribution in [1.82, 2.24) is 14.8 Å². The number of carbonyl (C=O) groups excluding carboxylic acids is 1. The number of piperazine rings is 1. The number of amides is 1. The molecule has 1 saturated heterocycles. The van der Waals surface area contributed by atoms with Crippen LogP contribution in [0.2, 0.25) is 0 Å². The molecule has 1 amide bonds. The zero-order valence-corrected chi connectivity index (χ0v) is 14.8. The molecule has 2 heterocycles. The van der Waals surface area contributed by atoms with Crippen LogP contribution in [0.5, 0.6) is 0 Å². The highest BCUT2D eigenvalue weighted by Gasteiger charge is 2.25. The van der Waals surface area contributed by atoms with E-state index in [1.54, 1.807) is 0 Å². The van der Waals surface area contributed by atoms with E-state index < -0.39 is 5.60 Å². The van der Waals surface area contributed by atoms with E-state index in [9.17, 15) is 4.79 Å². The fourth-order valence-corrected chi connectivity index (χ4v) is 3.10. The van der Waals surface area contributed by atoms with Gasteiger partial charge in [-0.25, -0.2) is 4.79 Å². The molecule has 1 aliphatic heterocycles. The lowest BCUT2D eigenvalue weighted by atomic mass is 10.1. The van der Waals surface area contributed by atoms with Gasteiger partial charge in [0.15, 0.2) is 0 Å². The first-order valence-electron chi connectivity index (χ1n) is 8.68. The highest BCUT2D eigenvalue weighted by Crippen LogP contribution is 2.19. The van der Waals surface area contributed by atoms with Crippen molar-refractivity contribution in [3.05, 3.63) is 36.0 Å². The molecule has 0 radical (unpaired) electrons. The highest BCUT2D eigenvalue weighted by atomic mass is 16.6. The molecular weight excluding hydrogens is 302 g/mol. The molecule has 1 aliphatic rings. The number of rotatable bonds is 3. The Kier molecular flexibility index (Phi) is 4.81. The molecule has 0 aliphatic carbocycles. The summed E-state index contributed by atoms with van der Waals surface area (Å²) in [5.41, 5.74) is 2.13. The molecule has 1 aromatic heterocycles. The number of hydrogen-bond donors (Lipinski definition) is 1. The molecule has 0 saturated carbocycles. The number of aromatic amines is 1. The van der Waals surface area contributed by atoms with Gasteiger partial charge in [-0.15, -0.1) is 0 Å². The maximum atomic E-state index is 12.1. The van der Waals surface area contributed by atoms with Gasteiger partial charge < -0.3 is 14.6 Å². The van der Waals surface area contributed by atoms with Crippen LogP contribution in [0, 0.1) is 0 Å². The molecule has 5 heteroatoms. The maximum Gasteiger partial charge on any atom is 0.410 e. The Morgan fingerprint density at radius 3 is 2.58 bits per heavy atom. The van der Waals surface area contributed by atoms with E-state index in [4.69, 9.17) is 4.74 Å². The first-order valence-corrected chi connectivity index (χ1v) is 8.68. The fraction of sp³-hybridized carbons (Fsp3) is 0.526. The number of benzene rings is 1. The van der Waals surface area contributed by atoms with Gasteiger partial charge in [0.2, 0.25) is 0 Å². The van der Waals surface area contributed by atoms with Gasteiger partial charge in [-0.1, -0.05) is 18.2 Å². The van der Waals surface area contributed by atoms with Crippen LogP contribution in [0.15, 0.2) is 30.5 Å². The van der Waals surface area contributed by atoms with Gasteiger partial charge in [-0.2, -0.15) is 0 Å². The van der Waals surface area contributed by atoms with Gasteiger partial charge >= 0.3 is 6.09 Å². The number of carbonyl (C=O) groups is 1. The van der Waals surface area contributed by atoms with Crippen LogP contribution in [0.25, 0.3) is 10.9 Å². The van der Waals surface area contributed by atoms with Crippen molar-refractivity contribution >= 4 is 17.0 Å². The predicted octanol–water partition coefficient (Wildman–Crippen LogP) is 3.26. The van der Waals surface area contributed by atoms with Crippen LogP contribution in [0.1, 0.15) is 26.3 Å². The van der Waals surface area contributed by atoms with Gasteiger partial charge in [0.05, 0.1) is 0 Å². The monoisotopic (exact) mass is 329 g/mol. The van der Waals surface area contributed by atoms with E-state index in [1.807, 2.05) is 25.7 Å². The largest absolute Gasteiger partial charge is 0.444 e. The molecule has 24 heavy (non-hydrogen) atoms. The number of ether oxygens (including phenoxy) is 1. The summed E-state index contributed by atoms with van der Waals surface area (Å²) in [5.74, 6) is 0. The normalized spacial score (nSPS) is 16.5. The molecule has 130 valence electrons. The molecule has 0 spiro atoms.